The summed E-state index contributed by atoms with van der Waals surface area (Å²) in [7, 11) is 0.722. The smallest absolute Gasteiger partial charge is 0.253 e. The Balaban J connectivity index is 1.68. The van der Waals surface area contributed by atoms with Crippen molar-refractivity contribution in [3.63, 3.8) is 0 Å². The summed E-state index contributed by atoms with van der Waals surface area (Å²) in [6.45, 7) is 0.324. The van der Waals surface area contributed by atoms with Gasteiger partial charge < -0.3 is 14.2 Å². The number of halogens is 2. The maximum Gasteiger partial charge on any atom is 0.253 e. The molecule has 3 heterocycles. The van der Waals surface area contributed by atoms with Crippen molar-refractivity contribution in [2.24, 2.45) is 0 Å². The van der Waals surface area contributed by atoms with Crippen molar-refractivity contribution in [2.75, 3.05) is 18.6 Å². The number of benzene rings is 1. The van der Waals surface area contributed by atoms with Gasteiger partial charge in [0.15, 0.2) is 17.3 Å². The van der Waals surface area contributed by atoms with Gasteiger partial charge in [0.25, 0.3) is 5.79 Å². The number of nitrogens with zero attached hydrogens (tertiary/aromatic N) is 1. The van der Waals surface area contributed by atoms with Gasteiger partial charge in [-0.3, -0.25) is 14.0 Å². The minimum absolute atomic E-state index is 0.0105. The molecule has 2 aliphatic heterocycles. The number of methoxy groups -OCH3 is 1. The van der Waals surface area contributed by atoms with Gasteiger partial charge in [-0.05, 0) is 6.07 Å². The van der Waals surface area contributed by atoms with Crippen LogP contribution in [0.15, 0.2) is 24.5 Å². The second-order valence-electron chi connectivity index (χ2n) is 7.01. The monoisotopic (exact) mass is 455 g/mol. The van der Waals surface area contributed by atoms with Crippen LogP contribution in [0.2, 0.25) is 10.0 Å². The first-order valence-corrected chi connectivity index (χ1v) is 11.4. The van der Waals surface area contributed by atoms with Gasteiger partial charge in [-0.25, -0.2) is 0 Å². The molecule has 0 N–H and O–H groups in total. The third kappa shape index (κ3) is 4.01. The summed E-state index contributed by atoms with van der Waals surface area (Å²) < 4.78 is 29.5. The molecule has 0 saturated carbocycles. The fraction of sp³-hybridized carbons (Fsp3) is 0.400. The van der Waals surface area contributed by atoms with Gasteiger partial charge in [-0.1, -0.05) is 29.3 Å². The first-order valence-electron chi connectivity index (χ1n) is 9.11. The summed E-state index contributed by atoms with van der Waals surface area (Å²) in [5, 5.41) is 0.670. The largest absolute Gasteiger partial charge is 0.448 e. The second-order valence-corrected chi connectivity index (χ2v) is 9.52. The van der Waals surface area contributed by atoms with Gasteiger partial charge in [0.1, 0.15) is 0 Å². The molecule has 1 fully saturated rings. The van der Waals surface area contributed by atoms with Crippen LogP contribution in [0.3, 0.4) is 0 Å². The average molecular weight is 456 g/mol. The Bertz CT molecular complexity index is 967. The molecular formula is C20H19Cl2NO5S. The fourth-order valence-electron chi connectivity index (χ4n) is 3.53. The molecule has 1 aromatic carbocycles. The highest BCUT2D eigenvalue weighted by atomic mass is 35.5. The molecule has 29 heavy (non-hydrogen) atoms. The van der Waals surface area contributed by atoms with Crippen molar-refractivity contribution in [2.45, 2.75) is 31.7 Å². The van der Waals surface area contributed by atoms with Crippen molar-refractivity contribution < 1.29 is 23.2 Å². The maximum absolute atomic E-state index is 13.1. The van der Waals surface area contributed by atoms with E-state index in [4.69, 9.17) is 37.4 Å². The van der Waals surface area contributed by atoms with Crippen LogP contribution in [-0.4, -0.2) is 39.4 Å². The maximum atomic E-state index is 13.1. The summed E-state index contributed by atoms with van der Waals surface area (Å²) in [6.07, 6.45) is 3.92. The van der Waals surface area contributed by atoms with Gasteiger partial charge in [0.2, 0.25) is 0 Å². The van der Waals surface area contributed by atoms with Gasteiger partial charge in [-0.15, -0.1) is 0 Å². The van der Waals surface area contributed by atoms with Crippen LogP contribution in [0.5, 0.6) is 11.5 Å². The number of carbonyl (C=O) groups excluding carboxylic acids is 1. The van der Waals surface area contributed by atoms with E-state index in [0.717, 1.165) is 5.56 Å². The Morgan fingerprint density at radius 3 is 2.48 bits per heavy atom. The Hall–Kier alpha value is -1.67. The number of ketones is 1. The van der Waals surface area contributed by atoms with Crippen molar-refractivity contribution in [1.82, 2.24) is 4.98 Å². The summed E-state index contributed by atoms with van der Waals surface area (Å²) in [5.41, 5.74) is 1.71. The van der Waals surface area contributed by atoms with Crippen molar-refractivity contribution in [1.29, 1.82) is 0 Å². The van der Waals surface area contributed by atoms with E-state index < -0.39 is 16.6 Å². The van der Waals surface area contributed by atoms with E-state index in [9.17, 15) is 9.00 Å². The second kappa shape index (κ2) is 8.22. The van der Waals surface area contributed by atoms with Crippen LogP contribution in [0.25, 0.3) is 0 Å². The first-order chi connectivity index (χ1) is 13.9. The third-order valence-electron chi connectivity index (χ3n) is 5.08. The Morgan fingerprint density at radius 1 is 1.17 bits per heavy atom. The summed E-state index contributed by atoms with van der Waals surface area (Å²) >= 11 is 12.3. The number of fused-ring (bicyclic) bond motifs is 1. The number of hydrogen-bond acceptors (Lipinski definition) is 6. The molecular weight excluding hydrogens is 437 g/mol. The Morgan fingerprint density at radius 2 is 1.83 bits per heavy atom. The average Bonchev–Trinajstić information content (AvgIpc) is 3.07. The quantitative estimate of drug-likeness (QED) is 0.634. The van der Waals surface area contributed by atoms with Crippen molar-refractivity contribution in [3.8, 4) is 11.5 Å². The third-order valence-corrected chi connectivity index (χ3v) is 7.05. The van der Waals surface area contributed by atoms with Gasteiger partial charge in [0.05, 0.1) is 22.2 Å². The number of Topliss-reactive ketones (excluding diaryl/α,β-unsaturated/α-hetero) is 1. The lowest BCUT2D eigenvalue weighted by molar-refractivity contribution is -0.0857. The van der Waals surface area contributed by atoms with E-state index in [0.29, 0.717) is 63.6 Å². The number of ether oxygens (including phenoxy) is 3. The number of aromatic nitrogens is 1. The summed E-state index contributed by atoms with van der Waals surface area (Å²) in [6, 6.07) is 3.51. The van der Waals surface area contributed by atoms with E-state index in [-0.39, 0.29) is 12.2 Å². The zero-order chi connectivity index (χ0) is 20.6. The SMILES string of the molecule is COCc1ccc(C(=O)Cc2c(Cl)cncc2Cl)c2c1OC1(CCS(=O)CC1)O2. The van der Waals surface area contributed by atoms with E-state index in [1.807, 2.05) is 0 Å². The molecule has 2 aliphatic rings. The Kier molecular flexibility index (Phi) is 5.84. The molecule has 0 atom stereocenters. The lowest BCUT2D eigenvalue weighted by Gasteiger charge is -2.31. The lowest BCUT2D eigenvalue weighted by Crippen LogP contribution is -2.44. The molecule has 2 aromatic rings. The van der Waals surface area contributed by atoms with E-state index in [1.165, 1.54) is 12.4 Å². The van der Waals surface area contributed by atoms with Crippen LogP contribution in [0.1, 0.15) is 34.3 Å². The van der Waals surface area contributed by atoms with Crippen molar-refractivity contribution >= 4 is 39.8 Å². The highest BCUT2D eigenvalue weighted by Gasteiger charge is 2.46. The minimum Gasteiger partial charge on any atom is -0.448 e. The van der Waals surface area contributed by atoms with E-state index >= 15 is 0 Å². The molecule has 0 aliphatic carbocycles. The standard InChI is InChI=1S/C20H19Cl2NO5S/c1-26-11-12-2-3-13(17(24)8-14-15(21)9-23-10-16(14)22)19-18(12)27-20(28-19)4-6-29(25)7-5-20/h2-3,9-10H,4-8,11H2,1H3. The van der Waals surface area contributed by atoms with E-state index in [2.05, 4.69) is 4.98 Å². The zero-order valence-corrected chi connectivity index (χ0v) is 18.0. The Labute approximate surface area is 180 Å². The predicted molar refractivity (Wildman–Crippen MR) is 111 cm³/mol. The number of carbonyl (C=O) groups is 1. The molecule has 0 unspecified atom stereocenters. The first kappa shape index (κ1) is 20.6. The highest BCUT2D eigenvalue weighted by molar-refractivity contribution is 7.85. The molecule has 0 bridgehead atoms. The van der Waals surface area contributed by atoms with Crippen LogP contribution in [0, 0.1) is 0 Å². The van der Waals surface area contributed by atoms with Gasteiger partial charge in [0, 0.05) is 72.2 Å². The fourth-order valence-corrected chi connectivity index (χ4v) is 5.31. The molecule has 0 radical (unpaired) electrons. The molecule has 0 amide bonds. The molecule has 1 spiro atoms. The van der Waals surface area contributed by atoms with Gasteiger partial charge >= 0.3 is 0 Å². The predicted octanol–water partition coefficient (Wildman–Crippen LogP) is 3.97. The molecule has 1 saturated heterocycles. The highest BCUT2D eigenvalue weighted by Crippen LogP contribution is 2.48. The lowest BCUT2D eigenvalue weighted by atomic mass is 10.0. The number of hydrogen-bond donors (Lipinski definition) is 0. The van der Waals surface area contributed by atoms with Crippen molar-refractivity contribution in [3.05, 3.63) is 51.3 Å². The summed E-state index contributed by atoms with van der Waals surface area (Å²) in [4.78, 5) is 17.0. The molecule has 6 nitrogen and oxygen atoms in total. The van der Waals surface area contributed by atoms with Gasteiger partial charge in [-0.2, -0.15) is 0 Å². The normalized spacial score (nSPS) is 22.8. The molecule has 1 aromatic heterocycles. The van der Waals surface area contributed by atoms with E-state index in [1.54, 1.807) is 19.2 Å². The van der Waals surface area contributed by atoms with Crippen LogP contribution in [0.4, 0.5) is 0 Å². The molecule has 4 rings (SSSR count). The number of rotatable bonds is 5. The van der Waals surface area contributed by atoms with Crippen LogP contribution < -0.4 is 9.47 Å². The van der Waals surface area contributed by atoms with Crippen LogP contribution in [-0.2, 0) is 28.6 Å². The zero-order valence-electron chi connectivity index (χ0n) is 15.7. The van der Waals surface area contributed by atoms with Crippen LogP contribution >= 0.6 is 23.2 Å². The topological polar surface area (TPSA) is 74.7 Å². The summed E-state index contributed by atoms with van der Waals surface area (Å²) in [5.74, 6) is 0.829. The number of pyridine rings is 1. The minimum atomic E-state index is -0.888. The molecule has 154 valence electrons. The molecule has 9 heteroatoms.